The number of carbonyl (C=O) groups is 1. The molecule has 0 spiro atoms. The van der Waals surface area contributed by atoms with Gasteiger partial charge in [0.1, 0.15) is 11.5 Å². The lowest BCUT2D eigenvalue weighted by atomic mass is 10.1. The van der Waals surface area contributed by atoms with Crippen molar-refractivity contribution in [3.05, 3.63) is 52.5 Å². The van der Waals surface area contributed by atoms with Crippen molar-refractivity contribution in [3.63, 3.8) is 0 Å². The van der Waals surface area contributed by atoms with Crippen molar-refractivity contribution in [2.45, 2.75) is 25.7 Å². The molecule has 114 valence electrons. The first-order chi connectivity index (χ1) is 10.3. The minimum atomic E-state index is -4.06. The maximum Gasteiger partial charge on any atom is 0.268 e. The Bertz CT molecular complexity index is 889. The summed E-state index contributed by atoms with van der Waals surface area (Å²) in [6.45, 7) is 4.98. The quantitative estimate of drug-likeness (QED) is 0.935. The molecule has 1 aromatic carbocycles. The van der Waals surface area contributed by atoms with Crippen LogP contribution in [0.15, 0.2) is 33.6 Å². The van der Waals surface area contributed by atoms with Crippen LogP contribution >= 0.6 is 0 Å². The highest BCUT2D eigenvalue weighted by atomic mass is 32.2. The summed E-state index contributed by atoms with van der Waals surface area (Å²) in [5.41, 5.74) is 0.996. The number of amides is 1. The number of benzene rings is 1. The number of hydrogen-bond acceptors (Lipinski definition) is 5. The van der Waals surface area contributed by atoms with E-state index >= 15 is 0 Å². The van der Waals surface area contributed by atoms with E-state index < -0.39 is 15.9 Å². The SMILES string of the molecule is Cc1oc(C)c(C(=O)NS(=O)(=O)c2cccc(C#N)c2)c1C. The van der Waals surface area contributed by atoms with E-state index in [1.54, 1.807) is 20.8 Å². The Labute approximate surface area is 128 Å². The van der Waals surface area contributed by atoms with Crippen molar-refractivity contribution in [1.82, 2.24) is 4.72 Å². The molecule has 6 nitrogen and oxygen atoms in total. The first kappa shape index (κ1) is 15.8. The molecule has 0 unspecified atom stereocenters. The van der Waals surface area contributed by atoms with Crippen LogP contribution in [0.2, 0.25) is 0 Å². The molecule has 0 bridgehead atoms. The van der Waals surface area contributed by atoms with Gasteiger partial charge in [-0.25, -0.2) is 13.1 Å². The van der Waals surface area contributed by atoms with Crippen LogP contribution in [0.4, 0.5) is 0 Å². The number of carbonyl (C=O) groups excluding carboxylic acids is 1. The summed E-state index contributed by atoms with van der Waals surface area (Å²) in [6, 6.07) is 7.30. The van der Waals surface area contributed by atoms with Crippen LogP contribution in [0.25, 0.3) is 0 Å². The summed E-state index contributed by atoms with van der Waals surface area (Å²) in [4.78, 5) is 12.1. The van der Waals surface area contributed by atoms with E-state index in [4.69, 9.17) is 9.68 Å². The summed E-state index contributed by atoms with van der Waals surface area (Å²) >= 11 is 0. The molecular weight excluding hydrogens is 304 g/mol. The molecule has 2 aromatic rings. The second kappa shape index (κ2) is 5.66. The minimum absolute atomic E-state index is 0.143. The molecule has 7 heteroatoms. The Morgan fingerprint density at radius 3 is 2.45 bits per heavy atom. The molecule has 2 rings (SSSR count). The van der Waals surface area contributed by atoms with Gasteiger partial charge in [0.15, 0.2) is 0 Å². The Morgan fingerprint density at radius 1 is 1.23 bits per heavy atom. The summed E-state index contributed by atoms with van der Waals surface area (Å²) in [7, 11) is -4.06. The number of aryl methyl sites for hydroxylation is 2. The third-order valence-electron chi connectivity index (χ3n) is 3.29. The highest BCUT2D eigenvalue weighted by Crippen LogP contribution is 2.21. The number of nitrogens with zero attached hydrogens (tertiary/aromatic N) is 1. The normalized spacial score (nSPS) is 11.0. The van der Waals surface area contributed by atoms with E-state index in [0.717, 1.165) is 0 Å². The molecule has 22 heavy (non-hydrogen) atoms. The number of hydrogen-bond donors (Lipinski definition) is 1. The van der Waals surface area contributed by atoms with Gasteiger partial charge in [0.05, 0.1) is 22.1 Å². The smallest absolute Gasteiger partial charge is 0.268 e. The lowest BCUT2D eigenvalue weighted by Crippen LogP contribution is -2.31. The zero-order valence-corrected chi connectivity index (χ0v) is 13.1. The average Bonchev–Trinajstić information content (AvgIpc) is 2.71. The largest absolute Gasteiger partial charge is 0.466 e. The fourth-order valence-electron chi connectivity index (χ4n) is 2.09. The summed E-state index contributed by atoms with van der Waals surface area (Å²) in [5.74, 6) is 0.161. The summed E-state index contributed by atoms with van der Waals surface area (Å²) in [5, 5.41) is 8.82. The Morgan fingerprint density at radius 2 is 1.91 bits per heavy atom. The van der Waals surface area contributed by atoms with Crippen LogP contribution in [0.1, 0.15) is 33.0 Å². The van der Waals surface area contributed by atoms with Crippen molar-refractivity contribution in [3.8, 4) is 6.07 Å². The van der Waals surface area contributed by atoms with Gasteiger partial charge in [0.25, 0.3) is 15.9 Å². The van der Waals surface area contributed by atoms with Gasteiger partial charge >= 0.3 is 0 Å². The molecule has 1 aromatic heterocycles. The van der Waals surface area contributed by atoms with Crippen LogP contribution in [-0.2, 0) is 10.0 Å². The summed E-state index contributed by atoms with van der Waals surface area (Å²) in [6.07, 6.45) is 0. The second-order valence-electron chi connectivity index (χ2n) is 4.79. The lowest BCUT2D eigenvalue weighted by Gasteiger charge is -2.07. The minimum Gasteiger partial charge on any atom is -0.466 e. The van der Waals surface area contributed by atoms with E-state index in [9.17, 15) is 13.2 Å². The predicted molar refractivity (Wildman–Crippen MR) is 78.7 cm³/mol. The van der Waals surface area contributed by atoms with Gasteiger partial charge in [-0.1, -0.05) is 6.07 Å². The summed E-state index contributed by atoms with van der Waals surface area (Å²) < 4.78 is 31.8. The van der Waals surface area contributed by atoms with Crippen molar-refractivity contribution < 1.29 is 17.6 Å². The predicted octanol–water partition coefficient (Wildman–Crippen LogP) is 2.20. The van der Waals surface area contributed by atoms with Gasteiger partial charge in [-0.3, -0.25) is 4.79 Å². The van der Waals surface area contributed by atoms with Gasteiger partial charge in [0, 0.05) is 5.56 Å². The zero-order chi connectivity index (χ0) is 16.5. The Kier molecular flexibility index (Phi) is 4.06. The van der Waals surface area contributed by atoms with Crippen LogP contribution < -0.4 is 4.72 Å². The van der Waals surface area contributed by atoms with Crippen molar-refractivity contribution in [2.75, 3.05) is 0 Å². The van der Waals surface area contributed by atoms with E-state index in [1.807, 2.05) is 10.8 Å². The Balaban J connectivity index is 2.36. The number of sulfonamides is 1. The molecule has 0 atom stereocenters. The molecule has 0 aliphatic carbocycles. The number of nitriles is 1. The monoisotopic (exact) mass is 318 g/mol. The van der Waals surface area contributed by atoms with Crippen LogP contribution in [0, 0.1) is 32.1 Å². The maximum atomic E-state index is 12.2. The topological polar surface area (TPSA) is 100 Å². The molecule has 1 N–H and O–H groups in total. The number of furan rings is 1. The molecule has 0 fully saturated rings. The van der Waals surface area contributed by atoms with Crippen LogP contribution in [-0.4, -0.2) is 14.3 Å². The molecule has 1 heterocycles. The van der Waals surface area contributed by atoms with E-state index in [0.29, 0.717) is 17.1 Å². The van der Waals surface area contributed by atoms with Crippen LogP contribution in [0.5, 0.6) is 0 Å². The number of nitrogens with one attached hydrogen (secondary N) is 1. The molecule has 1 amide bonds. The van der Waals surface area contributed by atoms with Gasteiger partial charge in [-0.15, -0.1) is 0 Å². The van der Waals surface area contributed by atoms with Crippen LogP contribution in [0.3, 0.4) is 0 Å². The molecule has 0 aliphatic heterocycles. The lowest BCUT2D eigenvalue weighted by molar-refractivity contribution is 0.0979. The molecule has 0 saturated heterocycles. The molecule has 0 saturated carbocycles. The second-order valence-corrected chi connectivity index (χ2v) is 6.47. The van der Waals surface area contributed by atoms with E-state index in [1.165, 1.54) is 24.3 Å². The van der Waals surface area contributed by atoms with Gasteiger partial charge in [0.2, 0.25) is 0 Å². The Hall–Kier alpha value is -2.59. The van der Waals surface area contributed by atoms with E-state index in [2.05, 4.69) is 0 Å². The standard InChI is InChI=1S/C15H14N2O4S/c1-9-10(2)21-11(3)14(9)15(18)17-22(19,20)13-6-4-5-12(7-13)8-16/h4-7H,1-3H3,(H,17,18). The van der Waals surface area contributed by atoms with Gasteiger partial charge < -0.3 is 4.42 Å². The highest BCUT2D eigenvalue weighted by Gasteiger charge is 2.24. The maximum absolute atomic E-state index is 12.2. The molecule has 0 aliphatic rings. The zero-order valence-electron chi connectivity index (χ0n) is 12.3. The number of rotatable bonds is 3. The van der Waals surface area contributed by atoms with Gasteiger partial charge in [-0.2, -0.15) is 5.26 Å². The fourth-order valence-corrected chi connectivity index (χ4v) is 3.10. The van der Waals surface area contributed by atoms with Crippen molar-refractivity contribution in [2.24, 2.45) is 0 Å². The molecular formula is C15H14N2O4S. The first-order valence-corrected chi connectivity index (χ1v) is 7.88. The van der Waals surface area contributed by atoms with Crippen molar-refractivity contribution in [1.29, 1.82) is 5.26 Å². The third kappa shape index (κ3) is 2.87. The third-order valence-corrected chi connectivity index (χ3v) is 4.62. The average molecular weight is 318 g/mol. The first-order valence-electron chi connectivity index (χ1n) is 6.40. The van der Waals surface area contributed by atoms with Crippen molar-refractivity contribution >= 4 is 15.9 Å². The van der Waals surface area contributed by atoms with E-state index in [-0.39, 0.29) is 16.0 Å². The molecule has 0 radical (unpaired) electrons. The highest BCUT2D eigenvalue weighted by molar-refractivity contribution is 7.90. The van der Waals surface area contributed by atoms with Gasteiger partial charge in [-0.05, 0) is 39.0 Å². The fraction of sp³-hybridized carbons (Fsp3) is 0.200.